The predicted molar refractivity (Wildman–Crippen MR) is 49.8 cm³/mol. The van der Waals surface area contributed by atoms with E-state index in [1.807, 2.05) is 6.92 Å². The molecule has 5 heteroatoms. The Morgan fingerprint density at radius 3 is 3.07 bits per heavy atom. The third-order valence-electron chi connectivity index (χ3n) is 2.33. The molecule has 0 amide bonds. The van der Waals surface area contributed by atoms with E-state index in [-0.39, 0.29) is 12.1 Å². The van der Waals surface area contributed by atoms with Crippen molar-refractivity contribution in [3.05, 3.63) is 11.8 Å². The van der Waals surface area contributed by atoms with Crippen LogP contribution < -0.4 is 5.32 Å². The van der Waals surface area contributed by atoms with Gasteiger partial charge in [-0.3, -0.25) is 0 Å². The van der Waals surface area contributed by atoms with E-state index < -0.39 is 0 Å². The maximum absolute atomic E-state index is 5.51. The highest BCUT2D eigenvalue weighted by Crippen LogP contribution is 2.23. The first kappa shape index (κ1) is 9.61. The summed E-state index contributed by atoms with van der Waals surface area (Å²) in [5, 5.41) is 11.1. The van der Waals surface area contributed by atoms with Crippen molar-refractivity contribution >= 4 is 0 Å². The zero-order valence-electron chi connectivity index (χ0n) is 8.49. The van der Waals surface area contributed by atoms with Crippen LogP contribution in [0.3, 0.4) is 0 Å². The van der Waals surface area contributed by atoms with Crippen molar-refractivity contribution in [2.75, 3.05) is 13.2 Å². The Bertz CT molecular complexity index is 300. The quantitative estimate of drug-likeness (QED) is 0.777. The molecule has 14 heavy (non-hydrogen) atoms. The summed E-state index contributed by atoms with van der Waals surface area (Å²) in [7, 11) is 0. The van der Waals surface area contributed by atoms with Gasteiger partial charge in [0.15, 0.2) is 0 Å². The lowest BCUT2D eigenvalue weighted by Crippen LogP contribution is -2.17. The molecular formula is C9H15N3O2. The van der Waals surface area contributed by atoms with Crippen molar-refractivity contribution in [3.63, 3.8) is 0 Å². The molecule has 2 atom stereocenters. The molecule has 1 aliphatic heterocycles. The van der Waals surface area contributed by atoms with E-state index in [1.165, 1.54) is 0 Å². The molecule has 0 aliphatic carbocycles. The summed E-state index contributed by atoms with van der Waals surface area (Å²) >= 11 is 0. The number of hydrogen-bond donors (Lipinski definition) is 1. The Hall–Kier alpha value is -0.940. The van der Waals surface area contributed by atoms with E-state index in [0.29, 0.717) is 11.8 Å². The number of nitrogens with one attached hydrogen (secondary N) is 1. The maximum atomic E-state index is 5.51. The molecule has 1 aliphatic rings. The van der Waals surface area contributed by atoms with Gasteiger partial charge in [0.05, 0.1) is 12.1 Å². The lowest BCUT2D eigenvalue weighted by atomic mass is 10.2. The van der Waals surface area contributed by atoms with Crippen molar-refractivity contribution in [1.29, 1.82) is 0 Å². The molecule has 0 aromatic carbocycles. The van der Waals surface area contributed by atoms with E-state index >= 15 is 0 Å². The van der Waals surface area contributed by atoms with Gasteiger partial charge in [0.25, 0.3) is 0 Å². The summed E-state index contributed by atoms with van der Waals surface area (Å²) in [5.74, 6) is 1.28. The summed E-state index contributed by atoms with van der Waals surface area (Å²) in [5.41, 5.74) is 0. The Balaban J connectivity index is 1.95. The number of hydrogen-bond acceptors (Lipinski definition) is 5. The van der Waals surface area contributed by atoms with Crippen LogP contribution in [0.5, 0.6) is 0 Å². The zero-order chi connectivity index (χ0) is 9.97. The largest absolute Gasteiger partial charge is 0.424 e. The molecule has 0 bridgehead atoms. The van der Waals surface area contributed by atoms with Crippen molar-refractivity contribution < 1.29 is 9.15 Å². The van der Waals surface area contributed by atoms with Crippen LogP contribution in [-0.4, -0.2) is 29.5 Å². The van der Waals surface area contributed by atoms with Gasteiger partial charge in [0.2, 0.25) is 11.8 Å². The van der Waals surface area contributed by atoms with Crippen LogP contribution >= 0.6 is 0 Å². The molecule has 5 nitrogen and oxygen atoms in total. The fourth-order valence-corrected chi connectivity index (χ4v) is 1.71. The minimum atomic E-state index is 0.160. The molecule has 1 aromatic heterocycles. The molecule has 0 saturated carbocycles. The SMILES string of the molecule is CCO[C@@H]1CN[C@H](c2nnc(C)o2)C1. The van der Waals surface area contributed by atoms with E-state index in [1.54, 1.807) is 6.92 Å². The highest BCUT2D eigenvalue weighted by molar-refractivity contribution is 4.95. The molecular weight excluding hydrogens is 182 g/mol. The molecule has 1 saturated heterocycles. The first-order valence-corrected chi connectivity index (χ1v) is 4.94. The normalized spacial score (nSPS) is 27.0. The third kappa shape index (κ3) is 1.93. The second kappa shape index (κ2) is 4.06. The molecule has 0 radical (unpaired) electrons. The molecule has 2 heterocycles. The van der Waals surface area contributed by atoms with Gasteiger partial charge in [-0.1, -0.05) is 0 Å². The highest BCUT2D eigenvalue weighted by atomic mass is 16.5. The summed E-state index contributed by atoms with van der Waals surface area (Å²) in [6.45, 7) is 5.41. The van der Waals surface area contributed by atoms with Crippen LogP contribution in [0.1, 0.15) is 31.2 Å². The first-order chi connectivity index (χ1) is 6.79. The molecule has 78 valence electrons. The Morgan fingerprint density at radius 2 is 2.43 bits per heavy atom. The van der Waals surface area contributed by atoms with Crippen LogP contribution in [0.15, 0.2) is 4.42 Å². The standard InChI is InChI=1S/C9H15N3O2/c1-3-13-7-4-8(10-5-7)9-12-11-6(2)14-9/h7-8,10H,3-5H2,1-2H3/t7-,8-/m0/s1. The monoisotopic (exact) mass is 197 g/mol. The lowest BCUT2D eigenvalue weighted by Gasteiger charge is -2.07. The van der Waals surface area contributed by atoms with Crippen LogP contribution in [0.4, 0.5) is 0 Å². The molecule has 1 N–H and O–H groups in total. The number of ether oxygens (including phenoxy) is 1. The van der Waals surface area contributed by atoms with Crippen molar-refractivity contribution in [2.45, 2.75) is 32.4 Å². The number of nitrogens with zero attached hydrogens (tertiary/aromatic N) is 2. The third-order valence-corrected chi connectivity index (χ3v) is 2.33. The summed E-state index contributed by atoms with van der Waals surface area (Å²) < 4.78 is 10.9. The first-order valence-electron chi connectivity index (χ1n) is 4.94. The van der Waals surface area contributed by atoms with Gasteiger partial charge in [-0.2, -0.15) is 0 Å². The molecule has 0 unspecified atom stereocenters. The summed E-state index contributed by atoms with van der Waals surface area (Å²) in [6.07, 6.45) is 1.19. The highest BCUT2D eigenvalue weighted by Gasteiger charge is 2.29. The van der Waals surface area contributed by atoms with Gasteiger partial charge in [-0.15, -0.1) is 10.2 Å². The van der Waals surface area contributed by atoms with Crippen LogP contribution in [0, 0.1) is 6.92 Å². The Labute approximate surface area is 82.8 Å². The van der Waals surface area contributed by atoms with E-state index in [0.717, 1.165) is 19.6 Å². The van der Waals surface area contributed by atoms with Gasteiger partial charge in [-0.05, 0) is 13.3 Å². The zero-order valence-corrected chi connectivity index (χ0v) is 8.49. The fourth-order valence-electron chi connectivity index (χ4n) is 1.71. The van der Waals surface area contributed by atoms with Crippen LogP contribution in [-0.2, 0) is 4.74 Å². The summed E-state index contributed by atoms with van der Waals surface area (Å²) in [4.78, 5) is 0. The lowest BCUT2D eigenvalue weighted by molar-refractivity contribution is 0.0751. The minimum Gasteiger partial charge on any atom is -0.424 e. The van der Waals surface area contributed by atoms with Gasteiger partial charge < -0.3 is 14.5 Å². The molecule has 2 rings (SSSR count). The van der Waals surface area contributed by atoms with E-state index in [2.05, 4.69) is 15.5 Å². The van der Waals surface area contributed by atoms with Crippen LogP contribution in [0.25, 0.3) is 0 Å². The van der Waals surface area contributed by atoms with Gasteiger partial charge in [-0.25, -0.2) is 0 Å². The molecule has 1 fully saturated rings. The van der Waals surface area contributed by atoms with E-state index in [9.17, 15) is 0 Å². The van der Waals surface area contributed by atoms with Crippen molar-refractivity contribution in [1.82, 2.24) is 15.5 Å². The fraction of sp³-hybridized carbons (Fsp3) is 0.778. The maximum Gasteiger partial charge on any atom is 0.233 e. The predicted octanol–water partition coefficient (Wildman–Crippen LogP) is 0.818. The van der Waals surface area contributed by atoms with E-state index in [4.69, 9.17) is 9.15 Å². The number of rotatable bonds is 3. The number of aromatic nitrogens is 2. The molecule has 0 spiro atoms. The van der Waals surface area contributed by atoms with Gasteiger partial charge in [0.1, 0.15) is 0 Å². The van der Waals surface area contributed by atoms with Gasteiger partial charge >= 0.3 is 0 Å². The Morgan fingerprint density at radius 1 is 1.57 bits per heavy atom. The van der Waals surface area contributed by atoms with Crippen LogP contribution in [0.2, 0.25) is 0 Å². The average molecular weight is 197 g/mol. The average Bonchev–Trinajstić information content (AvgIpc) is 2.74. The summed E-state index contributed by atoms with van der Waals surface area (Å²) in [6, 6.07) is 0.160. The molecule has 1 aromatic rings. The smallest absolute Gasteiger partial charge is 0.233 e. The van der Waals surface area contributed by atoms with Crippen molar-refractivity contribution in [2.24, 2.45) is 0 Å². The second-order valence-electron chi connectivity index (χ2n) is 3.43. The number of aryl methyl sites for hydroxylation is 1. The topological polar surface area (TPSA) is 60.2 Å². The Kier molecular flexibility index (Phi) is 2.79. The second-order valence-corrected chi connectivity index (χ2v) is 3.43. The van der Waals surface area contributed by atoms with Gasteiger partial charge in [0, 0.05) is 20.1 Å². The minimum absolute atomic E-state index is 0.160. The van der Waals surface area contributed by atoms with Crippen molar-refractivity contribution in [3.8, 4) is 0 Å².